The van der Waals surface area contributed by atoms with Crippen LogP contribution in [0.25, 0.3) is 0 Å². The summed E-state index contributed by atoms with van der Waals surface area (Å²) in [7, 11) is 1.72. The maximum Gasteiger partial charge on any atom is 0.125 e. The molecule has 4 heteroatoms. The zero-order valence-corrected chi connectivity index (χ0v) is 9.87. The number of hydrogen-bond acceptors (Lipinski definition) is 4. The van der Waals surface area contributed by atoms with Crippen LogP contribution in [0.5, 0.6) is 0 Å². The van der Waals surface area contributed by atoms with Crippen LogP contribution in [0.3, 0.4) is 0 Å². The lowest BCUT2D eigenvalue weighted by atomic mass is 10.1. The minimum Gasteiger partial charge on any atom is -0.377 e. The highest BCUT2D eigenvalue weighted by atomic mass is 16.5. The van der Waals surface area contributed by atoms with Gasteiger partial charge in [-0.1, -0.05) is 0 Å². The molecule has 84 valence electrons. The summed E-state index contributed by atoms with van der Waals surface area (Å²) in [5.74, 6) is 0.806. The molecule has 0 aliphatic heterocycles. The number of ether oxygens (including phenoxy) is 1. The van der Waals surface area contributed by atoms with Crippen molar-refractivity contribution in [3.63, 3.8) is 0 Å². The van der Waals surface area contributed by atoms with Crippen molar-refractivity contribution < 1.29 is 4.74 Å². The molecule has 1 N–H and O–H groups in total. The molecule has 1 aromatic heterocycles. The number of rotatable bonds is 5. The Labute approximate surface area is 91.1 Å². The molecule has 0 aromatic carbocycles. The number of aromatic nitrogens is 2. The third-order valence-electron chi connectivity index (χ3n) is 2.24. The van der Waals surface area contributed by atoms with Crippen LogP contribution >= 0.6 is 0 Å². The standard InChI is InChI=1S/C11H19N3O/c1-9-13-6-5-10(14-9)7-12-8-11(2,3)15-4/h5-6,12H,7-8H2,1-4H3. The second-order valence-corrected chi connectivity index (χ2v) is 4.16. The quantitative estimate of drug-likeness (QED) is 0.794. The van der Waals surface area contributed by atoms with Gasteiger partial charge in [0.2, 0.25) is 0 Å². The molecule has 0 fully saturated rings. The van der Waals surface area contributed by atoms with Crippen LogP contribution in [-0.2, 0) is 11.3 Å². The summed E-state index contributed by atoms with van der Waals surface area (Å²) in [6, 6.07) is 1.92. The van der Waals surface area contributed by atoms with E-state index < -0.39 is 0 Å². The first-order valence-electron chi connectivity index (χ1n) is 5.08. The predicted molar refractivity (Wildman–Crippen MR) is 59.6 cm³/mol. The molecular formula is C11H19N3O. The van der Waals surface area contributed by atoms with E-state index in [0.29, 0.717) is 0 Å². The molecule has 15 heavy (non-hydrogen) atoms. The van der Waals surface area contributed by atoms with Gasteiger partial charge in [0.25, 0.3) is 0 Å². The fourth-order valence-electron chi connectivity index (χ4n) is 1.17. The molecule has 0 saturated carbocycles. The smallest absolute Gasteiger partial charge is 0.125 e. The maximum absolute atomic E-state index is 5.30. The summed E-state index contributed by atoms with van der Waals surface area (Å²) in [4.78, 5) is 8.35. The molecule has 0 aliphatic rings. The molecular weight excluding hydrogens is 190 g/mol. The SMILES string of the molecule is COC(C)(C)CNCc1ccnc(C)n1. The highest BCUT2D eigenvalue weighted by Gasteiger charge is 2.15. The monoisotopic (exact) mass is 209 g/mol. The van der Waals surface area contributed by atoms with Crippen LogP contribution < -0.4 is 5.32 Å². The van der Waals surface area contributed by atoms with Gasteiger partial charge in [0, 0.05) is 26.4 Å². The molecule has 1 rings (SSSR count). The average Bonchev–Trinajstić information content (AvgIpc) is 2.18. The fraction of sp³-hybridized carbons (Fsp3) is 0.636. The van der Waals surface area contributed by atoms with Gasteiger partial charge in [0.15, 0.2) is 0 Å². The average molecular weight is 209 g/mol. The van der Waals surface area contributed by atoms with Gasteiger partial charge in [-0.25, -0.2) is 9.97 Å². The zero-order valence-electron chi connectivity index (χ0n) is 9.87. The molecule has 0 spiro atoms. The summed E-state index contributed by atoms with van der Waals surface area (Å²) >= 11 is 0. The lowest BCUT2D eigenvalue weighted by Gasteiger charge is -2.23. The van der Waals surface area contributed by atoms with Crippen LogP contribution in [0, 0.1) is 6.92 Å². The number of nitrogens with one attached hydrogen (secondary N) is 1. The van der Waals surface area contributed by atoms with E-state index in [9.17, 15) is 0 Å². The summed E-state index contributed by atoms with van der Waals surface area (Å²) in [5.41, 5.74) is 0.872. The van der Waals surface area contributed by atoms with Gasteiger partial charge in [-0.2, -0.15) is 0 Å². The van der Waals surface area contributed by atoms with Crippen molar-refractivity contribution >= 4 is 0 Å². The molecule has 0 radical (unpaired) electrons. The highest BCUT2D eigenvalue weighted by Crippen LogP contribution is 2.05. The van der Waals surface area contributed by atoms with E-state index in [0.717, 1.165) is 24.6 Å². The molecule has 0 atom stereocenters. The minimum atomic E-state index is -0.137. The van der Waals surface area contributed by atoms with Gasteiger partial charge in [0.1, 0.15) is 5.82 Å². The molecule has 0 unspecified atom stereocenters. The third kappa shape index (κ3) is 4.36. The Morgan fingerprint density at radius 3 is 2.80 bits per heavy atom. The topological polar surface area (TPSA) is 47.0 Å². The summed E-state index contributed by atoms with van der Waals surface area (Å²) in [6.07, 6.45) is 1.78. The van der Waals surface area contributed by atoms with E-state index in [-0.39, 0.29) is 5.60 Å². The van der Waals surface area contributed by atoms with Crippen molar-refractivity contribution in [2.45, 2.75) is 32.9 Å². The summed E-state index contributed by atoms with van der Waals surface area (Å²) in [6.45, 7) is 7.53. The first-order valence-corrected chi connectivity index (χ1v) is 5.08. The Balaban J connectivity index is 2.38. The van der Waals surface area contributed by atoms with E-state index in [4.69, 9.17) is 4.74 Å². The number of aryl methyl sites for hydroxylation is 1. The third-order valence-corrected chi connectivity index (χ3v) is 2.24. The van der Waals surface area contributed by atoms with Crippen molar-refractivity contribution in [1.82, 2.24) is 15.3 Å². The van der Waals surface area contributed by atoms with Crippen molar-refractivity contribution in [1.29, 1.82) is 0 Å². The summed E-state index contributed by atoms with van der Waals surface area (Å²) < 4.78 is 5.30. The largest absolute Gasteiger partial charge is 0.377 e. The molecule has 4 nitrogen and oxygen atoms in total. The number of nitrogens with zero attached hydrogens (tertiary/aromatic N) is 2. The van der Waals surface area contributed by atoms with Crippen molar-refractivity contribution in [2.24, 2.45) is 0 Å². The van der Waals surface area contributed by atoms with Crippen LogP contribution in [0.1, 0.15) is 25.4 Å². The van der Waals surface area contributed by atoms with Crippen LogP contribution in [0.2, 0.25) is 0 Å². The van der Waals surface area contributed by atoms with Crippen LogP contribution in [-0.4, -0.2) is 29.2 Å². The van der Waals surface area contributed by atoms with E-state index in [1.54, 1.807) is 13.3 Å². The van der Waals surface area contributed by atoms with Gasteiger partial charge in [0.05, 0.1) is 11.3 Å². The zero-order chi connectivity index (χ0) is 11.3. The van der Waals surface area contributed by atoms with Gasteiger partial charge in [-0.15, -0.1) is 0 Å². The number of hydrogen-bond donors (Lipinski definition) is 1. The Morgan fingerprint density at radius 2 is 2.20 bits per heavy atom. The second kappa shape index (κ2) is 5.19. The molecule has 0 amide bonds. The molecule has 1 heterocycles. The summed E-state index contributed by atoms with van der Waals surface area (Å²) in [5, 5.41) is 3.30. The van der Waals surface area contributed by atoms with Crippen molar-refractivity contribution in [3.8, 4) is 0 Å². The van der Waals surface area contributed by atoms with E-state index >= 15 is 0 Å². The first kappa shape index (κ1) is 12.1. The Morgan fingerprint density at radius 1 is 1.47 bits per heavy atom. The molecule has 0 saturated heterocycles. The van der Waals surface area contributed by atoms with Crippen molar-refractivity contribution in [3.05, 3.63) is 23.8 Å². The Hall–Kier alpha value is -1.00. The first-order chi connectivity index (χ1) is 7.03. The number of methoxy groups -OCH3 is 1. The molecule has 1 aromatic rings. The highest BCUT2D eigenvalue weighted by molar-refractivity contribution is 5.01. The van der Waals surface area contributed by atoms with Crippen LogP contribution in [0.15, 0.2) is 12.3 Å². The van der Waals surface area contributed by atoms with Gasteiger partial charge in [-0.05, 0) is 26.8 Å². The van der Waals surface area contributed by atoms with Crippen molar-refractivity contribution in [2.75, 3.05) is 13.7 Å². The second-order valence-electron chi connectivity index (χ2n) is 4.16. The van der Waals surface area contributed by atoms with E-state index in [2.05, 4.69) is 15.3 Å². The normalized spacial score (nSPS) is 11.7. The molecule has 0 bridgehead atoms. The minimum absolute atomic E-state index is 0.137. The van der Waals surface area contributed by atoms with E-state index in [1.807, 2.05) is 26.8 Å². The van der Waals surface area contributed by atoms with Gasteiger partial charge in [-0.3, -0.25) is 0 Å². The Bertz CT molecular complexity index is 312. The predicted octanol–water partition coefficient (Wildman–Crippen LogP) is 1.30. The van der Waals surface area contributed by atoms with Gasteiger partial charge >= 0.3 is 0 Å². The van der Waals surface area contributed by atoms with E-state index in [1.165, 1.54) is 0 Å². The van der Waals surface area contributed by atoms with Gasteiger partial charge < -0.3 is 10.1 Å². The van der Waals surface area contributed by atoms with Crippen LogP contribution in [0.4, 0.5) is 0 Å². The fourth-order valence-corrected chi connectivity index (χ4v) is 1.17. The molecule has 0 aliphatic carbocycles. The lowest BCUT2D eigenvalue weighted by Crippen LogP contribution is -2.36. The lowest BCUT2D eigenvalue weighted by molar-refractivity contribution is 0.0230. The maximum atomic E-state index is 5.30. The Kier molecular flexibility index (Phi) is 4.17.